The molecule has 36 heavy (non-hydrogen) atoms. The molecule has 0 aliphatic carbocycles. The van der Waals surface area contributed by atoms with Crippen molar-refractivity contribution >= 4 is 17.7 Å². The number of amides is 1. The van der Waals surface area contributed by atoms with Crippen LogP contribution in [-0.2, 0) is 11.3 Å². The summed E-state index contributed by atoms with van der Waals surface area (Å²) in [6.07, 6.45) is 2.46. The molecule has 5 rings (SSSR count). The van der Waals surface area contributed by atoms with E-state index in [1.54, 1.807) is 0 Å². The van der Waals surface area contributed by atoms with E-state index < -0.39 is 0 Å². The van der Waals surface area contributed by atoms with Crippen LogP contribution in [-0.4, -0.2) is 44.4 Å². The van der Waals surface area contributed by atoms with Crippen molar-refractivity contribution in [2.24, 2.45) is 0 Å². The van der Waals surface area contributed by atoms with Gasteiger partial charge in [0, 0.05) is 5.69 Å². The Balaban J connectivity index is 1.23. The highest BCUT2D eigenvalue weighted by atomic mass is 32.2. The maximum Gasteiger partial charge on any atom is 0.230 e. The lowest BCUT2D eigenvalue weighted by atomic mass is 10.0. The fraction of sp³-hybridized carbons (Fsp3) is 0.276. The average Bonchev–Trinajstić information content (AvgIpc) is 3.59. The summed E-state index contributed by atoms with van der Waals surface area (Å²) < 4.78 is 2.09. The fourth-order valence-electron chi connectivity index (χ4n) is 4.56. The molecule has 184 valence electrons. The highest BCUT2D eigenvalue weighted by Crippen LogP contribution is 2.25. The number of benzene rings is 3. The Labute approximate surface area is 216 Å². The lowest BCUT2D eigenvalue weighted by molar-refractivity contribution is -0.119. The second kappa shape index (κ2) is 11.5. The number of hydrogen-bond donors (Lipinski definition) is 1. The summed E-state index contributed by atoms with van der Waals surface area (Å²) in [6, 6.07) is 28.7. The Morgan fingerprint density at radius 1 is 0.889 bits per heavy atom. The predicted octanol–water partition coefficient (Wildman–Crippen LogP) is 5.50. The smallest absolute Gasteiger partial charge is 0.230 e. The van der Waals surface area contributed by atoms with Crippen LogP contribution in [0.3, 0.4) is 0 Å². The molecule has 1 N–H and O–H groups in total. The van der Waals surface area contributed by atoms with Crippen LogP contribution in [0.2, 0.25) is 0 Å². The van der Waals surface area contributed by atoms with Gasteiger partial charge >= 0.3 is 0 Å². The minimum atomic E-state index is -0.0827. The summed E-state index contributed by atoms with van der Waals surface area (Å²) >= 11 is 1.42. The van der Waals surface area contributed by atoms with Crippen LogP contribution < -0.4 is 5.32 Å². The van der Waals surface area contributed by atoms with E-state index in [-0.39, 0.29) is 17.7 Å². The van der Waals surface area contributed by atoms with E-state index in [4.69, 9.17) is 0 Å². The quantitative estimate of drug-likeness (QED) is 0.310. The van der Waals surface area contributed by atoms with Crippen LogP contribution in [0.15, 0.2) is 90.1 Å². The van der Waals surface area contributed by atoms with Crippen LogP contribution in [0.1, 0.15) is 37.2 Å². The number of hydrogen-bond acceptors (Lipinski definition) is 5. The Morgan fingerprint density at radius 2 is 1.53 bits per heavy atom. The molecule has 0 saturated carbocycles. The second-order valence-corrected chi connectivity index (χ2v) is 10.1. The van der Waals surface area contributed by atoms with E-state index in [1.165, 1.54) is 35.7 Å². The van der Waals surface area contributed by atoms with Gasteiger partial charge in [0.1, 0.15) is 0 Å². The summed E-state index contributed by atoms with van der Waals surface area (Å²) in [4.78, 5) is 15.2. The third-order valence-electron chi connectivity index (χ3n) is 6.51. The number of nitrogens with zero attached hydrogens (tertiary/aromatic N) is 4. The van der Waals surface area contributed by atoms with Crippen molar-refractivity contribution in [3.8, 4) is 16.8 Å². The van der Waals surface area contributed by atoms with Gasteiger partial charge in [0.05, 0.1) is 18.3 Å². The summed E-state index contributed by atoms with van der Waals surface area (Å²) in [5.74, 6) is 1.17. The SMILES string of the molecule is C[C@H](NC(=O)CSc1nnc(CN2CCCC2)n1-c1ccccc1)c1ccc(-c2ccccc2)cc1. The number of rotatable bonds is 9. The van der Waals surface area contributed by atoms with Crippen molar-refractivity contribution in [2.45, 2.75) is 37.5 Å². The molecule has 1 aromatic heterocycles. The number of para-hydroxylation sites is 1. The van der Waals surface area contributed by atoms with Gasteiger partial charge in [-0.15, -0.1) is 10.2 Å². The number of aromatic nitrogens is 3. The average molecular weight is 498 g/mol. The van der Waals surface area contributed by atoms with Crippen molar-refractivity contribution in [3.63, 3.8) is 0 Å². The van der Waals surface area contributed by atoms with Gasteiger partial charge in [-0.1, -0.05) is 84.6 Å². The third-order valence-corrected chi connectivity index (χ3v) is 7.44. The van der Waals surface area contributed by atoms with Crippen LogP contribution in [0.25, 0.3) is 16.8 Å². The maximum absolute atomic E-state index is 12.8. The van der Waals surface area contributed by atoms with Crippen LogP contribution in [0.5, 0.6) is 0 Å². The molecule has 0 unspecified atom stereocenters. The Morgan fingerprint density at radius 3 is 2.22 bits per heavy atom. The highest BCUT2D eigenvalue weighted by molar-refractivity contribution is 7.99. The normalized spacial score (nSPS) is 14.6. The number of carbonyl (C=O) groups is 1. The van der Waals surface area contributed by atoms with Crippen LogP contribution in [0, 0.1) is 0 Å². The zero-order chi connectivity index (χ0) is 24.7. The molecule has 4 aromatic rings. The summed E-state index contributed by atoms with van der Waals surface area (Å²) in [7, 11) is 0. The minimum absolute atomic E-state index is 0.0247. The lowest BCUT2D eigenvalue weighted by Gasteiger charge is -2.16. The maximum atomic E-state index is 12.8. The molecule has 1 amide bonds. The molecule has 1 saturated heterocycles. The number of thioether (sulfide) groups is 1. The van der Waals surface area contributed by atoms with E-state index in [1.807, 2.05) is 43.3 Å². The zero-order valence-corrected chi connectivity index (χ0v) is 21.3. The van der Waals surface area contributed by atoms with Gasteiger partial charge in [-0.05, 0) is 61.7 Å². The van der Waals surface area contributed by atoms with Gasteiger partial charge in [-0.25, -0.2) is 0 Å². The highest BCUT2D eigenvalue weighted by Gasteiger charge is 2.20. The topological polar surface area (TPSA) is 63.1 Å². The zero-order valence-electron chi connectivity index (χ0n) is 20.5. The first-order valence-electron chi connectivity index (χ1n) is 12.5. The third kappa shape index (κ3) is 5.86. The molecule has 2 heterocycles. The molecular formula is C29H31N5OS. The number of likely N-dealkylation sites (tertiary alicyclic amines) is 1. The molecule has 1 aliphatic heterocycles. The van der Waals surface area contributed by atoms with E-state index >= 15 is 0 Å². The van der Waals surface area contributed by atoms with Crippen molar-refractivity contribution < 1.29 is 4.79 Å². The van der Waals surface area contributed by atoms with Crippen molar-refractivity contribution in [1.29, 1.82) is 0 Å². The molecule has 0 spiro atoms. The van der Waals surface area contributed by atoms with Crippen molar-refractivity contribution in [2.75, 3.05) is 18.8 Å². The van der Waals surface area contributed by atoms with E-state index in [9.17, 15) is 4.79 Å². The van der Waals surface area contributed by atoms with Crippen molar-refractivity contribution in [3.05, 3.63) is 96.3 Å². The molecule has 3 aromatic carbocycles. The Kier molecular flexibility index (Phi) is 7.79. The van der Waals surface area contributed by atoms with Gasteiger partial charge in [-0.3, -0.25) is 14.3 Å². The van der Waals surface area contributed by atoms with E-state index in [0.717, 1.165) is 41.9 Å². The van der Waals surface area contributed by atoms with Gasteiger partial charge in [0.25, 0.3) is 0 Å². The predicted molar refractivity (Wildman–Crippen MR) is 145 cm³/mol. The van der Waals surface area contributed by atoms with Gasteiger partial charge in [0.15, 0.2) is 11.0 Å². The van der Waals surface area contributed by atoms with Gasteiger partial charge < -0.3 is 5.32 Å². The first kappa shape index (κ1) is 24.3. The molecule has 1 fully saturated rings. The monoisotopic (exact) mass is 497 g/mol. The standard InChI is InChI=1S/C29H31N5OS/c1-22(23-14-16-25(17-15-23)24-10-4-2-5-11-24)30-28(35)21-36-29-32-31-27(20-33-18-8-9-19-33)34(29)26-12-6-3-7-13-26/h2-7,10-17,22H,8-9,18-21H2,1H3,(H,30,35)/t22-/m0/s1. The van der Waals surface area contributed by atoms with Crippen LogP contribution >= 0.6 is 11.8 Å². The van der Waals surface area contributed by atoms with Crippen molar-refractivity contribution in [1.82, 2.24) is 25.0 Å². The summed E-state index contributed by atoms with van der Waals surface area (Å²) in [6.45, 7) is 4.97. The fourth-order valence-corrected chi connectivity index (χ4v) is 5.35. The molecular weight excluding hydrogens is 466 g/mol. The first-order chi connectivity index (χ1) is 17.7. The minimum Gasteiger partial charge on any atom is -0.349 e. The number of carbonyl (C=O) groups excluding carboxylic acids is 1. The largest absolute Gasteiger partial charge is 0.349 e. The molecule has 0 radical (unpaired) electrons. The molecule has 6 nitrogen and oxygen atoms in total. The lowest BCUT2D eigenvalue weighted by Crippen LogP contribution is -2.28. The second-order valence-electron chi connectivity index (χ2n) is 9.12. The van der Waals surface area contributed by atoms with E-state index in [0.29, 0.717) is 0 Å². The number of nitrogens with one attached hydrogen (secondary N) is 1. The molecule has 0 bridgehead atoms. The Bertz CT molecular complexity index is 1270. The summed E-state index contributed by atoms with van der Waals surface area (Å²) in [5, 5.41) is 12.8. The first-order valence-corrected chi connectivity index (χ1v) is 13.5. The van der Waals surface area contributed by atoms with Gasteiger partial charge in [-0.2, -0.15) is 0 Å². The molecule has 1 aliphatic rings. The molecule has 1 atom stereocenters. The summed E-state index contributed by atoms with van der Waals surface area (Å²) in [5.41, 5.74) is 4.45. The molecule has 7 heteroatoms. The Hall–Kier alpha value is -3.42. The van der Waals surface area contributed by atoms with Gasteiger partial charge in [0.2, 0.25) is 5.91 Å². The van der Waals surface area contributed by atoms with E-state index in [2.05, 4.69) is 73.5 Å². The van der Waals surface area contributed by atoms with Crippen LogP contribution in [0.4, 0.5) is 0 Å².